The zero-order chi connectivity index (χ0) is 15.6. The van der Waals surface area contributed by atoms with Crippen LogP contribution in [-0.2, 0) is 9.53 Å². The van der Waals surface area contributed by atoms with Gasteiger partial charge in [-0.05, 0) is 56.7 Å². The largest absolute Gasteiger partial charge is 0.375 e. The van der Waals surface area contributed by atoms with Gasteiger partial charge >= 0.3 is 0 Å². The molecular formula is C18H26N2O2. The van der Waals surface area contributed by atoms with E-state index >= 15 is 0 Å². The molecule has 0 aromatic heterocycles. The Morgan fingerprint density at radius 1 is 1.41 bits per heavy atom. The lowest BCUT2D eigenvalue weighted by Gasteiger charge is -2.47. The average molecular weight is 302 g/mol. The second-order valence-corrected chi connectivity index (χ2v) is 6.77. The summed E-state index contributed by atoms with van der Waals surface area (Å²) in [4.78, 5) is 11.2. The van der Waals surface area contributed by atoms with Crippen molar-refractivity contribution in [2.24, 2.45) is 0 Å². The van der Waals surface area contributed by atoms with E-state index in [2.05, 4.69) is 29.7 Å². The lowest BCUT2D eigenvalue weighted by Crippen LogP contribution is -2.51. The summed E-state index contributed by atoms with van der Waals surface area (Å²) in [6.45, 7) is 4.60. The first-order chi connectivity index (χ1) is 10.6. The van der Waals surface area contributed by atoms with E-state index in [0.29, 0.717) is 6.04 Å². The minimum absolute atomic E-state index is 0.0332. The molecule has 120 valence electrons. The summed E-state index contributed by atoms with van der Waals surface area (Å²) in [6, 6.07) is 8.88. The number of rotatable bonds is 4. The van der Waals surface area contributed by atoms with Gasteiger partial charge in [-0.15, -0.1) is 0 Å². The normalized spacial score (nSPS) is 24.5. The number of hydrogen-bond donors (Lipinski definition) is 2. The number of anilines is 1. The molecule has 4 heteroatoms. The van der Waals surface area contributed by atoms with Crippen molar-refractivity contribution in [1.82, 2.24) is 5.32 Å². The first kappa shape index (κ1) is 15.5. The molecule has 1 amide bonds. The number of ether oxygens (including phenoxy) is 1. The number of nitrogens with one attached hydrogen (secondary N) is 2. The summed E-state index contributed by atoms with van der Waals surface area (Å²) in [5, 5.41) is 6.59. The van der Waals surface area contributed by atoms with Crippen LogP contribution in [0.2, 0.25) is 0 Å². The molecule has 0 bridgehead atoms. The second kappa shape index (κ2) is 6.39. The van der Waals surface area contributed by atoms with Crippen LogP contribution in [-0.4, -0.2) is 24.2 Å². The maximum absolute atomic E-state index is 11.2. The first-order valence-electron chi connectivity index (χ1n) is 8.34. The molecule has 22 heavy (non-hydrogen) atoms. The number of carbonyl (C=O) groups excluding carboxylic acids is 1. The van der Waals surface area contributed by atoms with Crippen LogP contribution in [0.5, 0.6) is 0 Å². The van der Waals surface area contributed by atoms with Gasteiger partial charge in [0, 0.05) is 31.3 Å². The van der Waals surface area contributed by atoms with Crippen LogP contribution < -0.4 is 10.6 Å². The van der Waals surface area contributed by atoms with E-state index in [1.807, 2.05) is 12.1 Å². The van der Waals surface area contributed by atoms with E-state index in [0.717, 1.165) is 25.1 Å². The Hall–Kier alpha value is -1.39. The fourth-order valence-corrected chi connectivity index (χ4v) is 3.63. The first-order valence-corrected chi connectivity index (χ1v) is 8.34. The van der Waals surface area contributed by atoms with Gasteiger partial charge in [0.1, 0.15) is 0 Å². The summed E-state index contributed by atoms with van der Waals surface area (Å²) < 4.78 is 5.99. The molecule has 1 saturated carbocycles. The van der Waals surface area contributed by atoms with E-state index < -0.39 is 0 Å². The summed E-state index contributed by atoms with van der Waals surface area (Å²) in [6.07, 6.45) is 5.95. The molecule has 2 atom stereocenters. The standard InChI is InChI=1S/C18H26N2O2/c1-13(15-5-3-6-16(11-15)20-14(2)21)19-17-7-10-22-18(12-17)8-4-9-18/h3,5-6,11,13,17,19H,4,7-10,12H2,1-2H3,(H,20,21). The highest BCUT2D eigenvalue weighted by Crippen LogP contribution is 2.42. The van der Waals surface area contributed by atoms with E-state index in [9.17, 15) is 4.79 Å². The SMILES string of the molecule is CC(=O)Nc1cccc(C(C)NC2CCOC3(CCC3)C2)c1. The molecule has 2 fully saturated rings. The van der Waals surface area contributed by atoms with Gasteiger partial charge in [0.15, 0.2) is 0 Å². The Morgan fingerprint density at radius 2 is 2.23 bits per heavy atom. The monoisotopic (exact) mass is 302 g/mol. The number of carbonyl (C=O) groups is 1. The van der Waals surface area contributed by atoms with Gasteiger partial charge in [-0.2, -0.15) is 0 Å². The fraction of sp³-hybridized carbons (Fsp3) is 0.611. The summed E-state index contributed by atoms with van der Waals surface area (Å²) in [7, 11) is 0. The Balaban J connectivity index is 1.61. The summed E-state index contributed by atoms with van der Waals surface area (Å²) in [5.41, 5.74) is 2.25. The van der Waals surface area contributed by atoms with Crippen molar-refractivity contribution in [3.05, 3.63) is 29.8 Å². The van der Waals surface area contributed by atoms with Gasteiger partial charge in [0.05, 0.1) is 5.60 Å². The third kappa shape index (κ3) is 3.50. The number of benzene rings is 1. The molecule has 2 N–H and O–H groups in total. The zero-order valence-electron chi connectivity index (χ0n) is 13.5. The Labute approximate surface area is 132 Å². The molecule has 1 heterocycles. The van der Waals surface area contributed by atoms with Crippen molar-refractivity contribution in [2.45, 2.75) is 63.6 Å². The van der Waals surface area contributed by atoms with Crippen LogP contribution in [0.3, 0.4) is 0 Å². The van der Waals surface area contributed by atoms with Crippen molar-refractivity contribution in [3.8, 4) is 0 Å². The van der Waals surface area contributed by atoms with Crippen LogP contribution in [0, 0.1) is 0 Å². The smallest absolute Gasteiger partial charge is 0.221 e. The van der Waals surface area contributed by atoms with E-state index in [1.165, 1.54) is 31.7 Å². The summed E-state index contributed by atoms with van der Waals surface area (Å²) in [5.74, 6) is -0.0332. The highest BCUT2D eigenvalue weighted by Gasteiger charge is 2.42. The molecule has 1 aromatic carbocycles. The summed E-state index contributed by atoms with van der Waals surface area (Å²) >= 11 is 0. The maximum Gasteiger partial charge on any atom is 0.221 e. The minimum Gasteiger partial charge on any atom is -0.375 e. The van der Waals surface area contributed by atoms with Gasteiger partial charge in [0.2, 0.25) is 5.91 Å². The Kier molecular flexibility index (Phi) is 4.50. The topological polar surface area (TPSA) is 50.4 Å². The molecule has 3 rings (SSSR count). The van der Waals surface area contributed by atoms with Crippen molar-refractivity contribution >= 4 is 11.6 Å². The van der Waals surface area contributed by atoms with Gasteiger partial charge in [-0.3, -0.25) is 4.79 Å². The zero-order valence-corrected chi connectivity index (χ0v) is 13.5. The lowest BCUT2D eigenvalue weighted by atomic mass is 9.74. The molecule has 0 radical (unpaired) electrons. The van der Waals surface area contributed by atoms with E-state index in [1.54, 1.807) is 0 Å². The lowest BCUT2D eigenvalue weighted by molar-refractivity contribution is -0.136. The van der Waals surface area contributed by atoms with E-state index in [4.69, 9.17) is 4.74 Å². The molecule has 2 unspecified atom stereocenters. The third-order valence-electron chi connectivity index (χ3n) is 4.95. The molecule has 4 nitrogen and oxygen atoms in total. The highest BCUT2D eigenvalue weighted by molar-refractivity contribution is 5.88. The predicted molar refractivity (Wildman–Crippen MR) is 87.9 cm³/mol. The maximum atomic E-state index is 11.2. The molecule has 1 aromatic rings. The number of amides is 1. The highest BCUT2D eigenvalue weighted by atomic mass is 16.5. The molecular weight excluding hydrogens is 276 g/mol. The van der Waals surface area contributed by atoms with Gasteiger partial charge < -0.3 is 15.4 Å². The molecule has 1 aliphatic heterocycles. The molecule has 1 spiro atoms. The fourth-order valence-electron chi connectivity index (χ4n) is 3.63. The quantitative estimate of drug-likeness (QED) is 0.896. The molecule has 1 saturated heterocycles. The molecule has 1 aliphatic carbocycles. The van der Waals surface area contributed by atoms with Crippen LogP contribution in [0.15, 0.2) is 24.3 Å². The van der Waals surface area contributed by atoms with Crippen LogP contribution in [0.25, 0.3) is 0 Å². The van der Waals surface area contributed by atoms with Gasteiger partial charge in [-0.25, -0.2) is 0 Å². The van der Waals surface area contributed by atoms with Crippen molar-refractivity contribution in [1.29, 1.82) is 0 Å². The van der Waals surface area contributed by atoms with Crippen molar-refractivity contribution in [3.63, 3.8) is 0 Å². The van der Waals surface area contributed by atoms with Gasteiger partial charge in [-0.1, -0.05) is 12.1 Å². The Bertz CT molecular complexity index is 540. The molecule has 2 aliphatic rings. The minimum atomic E-state index is -0.0332. The van der Waals surface area contributed by atoms with Crippen LogP contribution in [0.4, 0.5) is 5.69 Å². The van der Waals surface area contributed by atoms with Crippen molar-refractivity contribution in [2.75, 3.05) is 11.9 Å². The van der Waals surface area contributed by atoms with Crippen molar-refractivity contribution < 1.29 is 9.53 Å². The Morgan fingerprint density at radius 3 is 2.91 bits per heavy atom. The number of hydrogen-bond acceptors (Lipinski definition) is 3. The van der Waals surface area contributed by atoms with E-state index in [-0.39, 0.29) is 17.6 Å². The van der Waals surface area contributed by atoms with Crippen LogP contribution in [0.1, 0.15) is 57.6 Å². The van der Waals surface area contributed by atoms with Crippen LogP contribution >= 0.6 is 0 Å². The third-order valence-corrected chi connectivity index (χ3v) is 4.95. The predicted octanol–water partition coefficient (Wildman–Crippen LogP) is 3.40. The second-order valence-electron chi connectivity index (χ2n) is 6.77. The average Bonchev–Trinajstić information content (AvgIpc) is 2.45. The van der Waals surface area contributed by atoms with Gasteiger partial charge in [0.25, 0.3) is 0 Å².